The van der Waals surface area contributed by atoms with E-state index in [1.165, 1.54) is 5.56 Å². The second kappa shape index (κ2) is 4.59. The third-order valence-corrected chi connectivity index (χ3v) is 3.93. The fourth-order valence-corrected chi connectivity index (χ4v) is 2.91. The Kier molecular flexibility index (Phi) is 3.31. The van der Waals surface area contributed by atoms with Crippen molar-refractivity contribution in [1.82, 2.24) is 0 Å². The van der Waals surface area contributed by atoms with Gasteiger partial charge in [0.05, 0.1) is 6.04 Å². The third kappa shape index (κ3) is 2.26. The van der Waals surface area contributed by atoms with Crippen LogP contribution in [-0.4, -0.2) is 0 Å². The van der Waals surface area contributed by atoms with Gasteiger partial charge in [0.1, 0.15) is 5.82 Å². The molecule has 3 heteroatoms. The van der Waals surface area contributed by atoms with Crippen LogP contribution in [0.1, 0.15) is 33.9 Å². The number of rotatable bonds is 2. The van der Waals surface area contributed by atoms with Crippen molar-refractivity contribution < 1.29 is 4.39 Å². The van der Waals surface area contributed by atoms with E-state index < -0.39 is 0 Å². The highest BCUT2D eigenvalue weighted by molar-refractivity contribution is 7.08. The van der Waals surface area contributed by atoms with Crippen LogP contribution in [0.4, 0.5) is 4.39 Å². The molecule has 0 saturated carbocycles. The molecule has 0 spiro atoms. The lowest BCUT2D eigenvalue weighted by Gasteiger charge is -2.14. The lowest BCUT2D eigenvalue weighted by atomic mass is 9.96. The average Bonchev–Trinajstić information content (AvgIpc) is 2.70. The predicted molar refractivity (Wildman–Crippen MR) is 71.0 cm³/mol. The number of nitrogens with two attached hydrogens (primary N) is 1. The molecule has 1 heterocycles. The minimum atomic E-state index is -0.167. The van der Waals surface area contributed by atoms with Crippen molar-refractivity contribution >= 4 is 11.3 Å². The highest BCUT2D eigenvalue weighted by Crippen LogP contribution is 2.27. The van der Waals surface area contributed by atoms with E-state index in [0.29, 0.717) is 11.1 Å². The van der Waals surface area contributed by atoms with Crippen molar-refractivity contribution in [3.8, 4) is 0 Å². The molecule has 0 aliphatic rings. The van der Waals surface area contributed by atoms with E-state index in [-0.39, 0.29) is 11.9 Å². The maximum atomic E-state index is 13.6. The van der Waals surface area contributed by atoms with Gasteiger partial charge in [0, 0.05) is 0 Å². The summed E-state index contributed by atoms with van der Waals surface area (Å²) in [5.74, 6) is -0.136. The molecule has 1 atom stereocenters. The van der Waals surface area contributed by atoms with Crippen LogP contribution < -0.4 is 5.73 Å². The van der Waals surface area contributed by atoms with E-state index in [4.69, 9.17) is 5.73 Å². The second-order valence-electron chi connectivity index (χ2n) is 4.46. The lowest BCUT2D eigenvalue weighted by molar-refractivity contribution is 0.607. The zero-order valence-electron chi connectivity index (χ0n) is 10.3. The summed E-state index contributed by atoms with van der Waals surface area (Å²) in [5.41, 5.74) is 10.8. The topological polar surface area (TPSA) is 26.0 Å². The molecule has 0 aliphatic heterocycles. The van der Waals surface area contributed by atoms with Crippen molar-refractivity contribution in [1.29, 1.82) is 0 Å². The zero-order valence-corrected chi connectivity index (χ0v) is 11.1. The van der Waals surface area contributed by atoms with Crippen LogP contribution in [-0.2, 0) is 0 Å². The molecular weight excluding hydrogens is 233 g/mol. The summed E-state index contributed by atoms with van der Waals surface area (Å²) in [6.45, 7) is 5.60. The van der Waals surface area contributed by atoms with Crippen LogP contribution in [0.3, 0.4) is 0 Å². The molecule has 0 radical (unpaired) electrons. The molecule has 0 bridgehead atoms. The van der Waals surface area contributed by atoms with Gasteiger partial charge >= 0.3 is 0 Å². The Morgan fingerprint density at radius 3 is 2.12 bits per heavy atom. The van der Waals surface area contributed by atoms with E-state index >= 15 is 0 Å². The van der Waals surface area contributed by atoms with Crippen LogP contribution >= 0.6 is 11.3 Å². The summed E-state index contributed by atoms with van der Waals surface area (Å²) in [5, 5.41) is 4.15. The summed E-state index contributed by atoms with van der Waals surface area (Å²) < 4.78 is 13.6. The van der Waals surface area contributed by atoms with Crippen molar-refractivity contribution in [2.45, 2.75) is 26.8 Å². The molecule has 0 saturated heterocycles. The number of benzene rings is 1. The smallest absolute Gasteiger partial charge is 0.129 e. The Bertz CT molecular complexity index is 522. The third-order valence-electron chi connectivity index (χ3n) is 3.05. The average molecular weight is 249 g/mol. The van der Waals surface area contributed by atoms with Gasteiger partial charge in [-0.1, -0.05) is 12.1 Å². The van der Waals surface area contributed by atoms with Crippen molar-refractivity contribution in [3.05, 3.63) is 56.5 Å². The molecule has 1 unspecified atom stereocenters. The minimum Gasteiger partial charge on any atom is -0.320 e. The molecule has 90 valence electrons. The van der Waals surface area contributed by atoms with Crippen LogP contribution in [0.15, 0.2) is 22.9 Å². The standard InChI is InChI=1S/C14H16FNS/c1-8-4-11(5-9(2)13(8)15)14(16)12-7-17-6-10(12)3/h4-7,14H,16H2,1-3H3. The van der Waals surface area contributed by atoms with Gasteiger partial charge in [-0.3, -0.25) is 0 Å². The number of aryl methyl sites for hydroxylation is 3. The molecule has 1 aromatic carbocycles. The summed E-state index contributed by atoms with van der Waals surface area (Å²) in [4.78, 5) is 0. The monoisotopic (exact) mass is 249 g/mol. The highest BCUT2D eigenvalue weighted by Gasteiger charge is 2.14. The highest BCUT2D eigenvalue weighted by atomic mass is 32.1. The summed E-state index contributed by atoms with van der Waals surface area (Å²) in [7, 11) is 0. The first-order valence-corrected chi connectivity index (χ1v) is 6.50. The maximum Gasteiger partial charge on any atom is 0.129 e. The molecule has 1 nitrogen and oxygen atoms in total. The molecule has 17 heavy (non-hydrogen) atoms. The maximum absolute atomic E-state index is 13.6. The normalized spacial score (nSPS) is 12.8. The second-order valence-corrected chi connectivity index (χ2v) is 5.20. The van der Waals surface area contributed by atoms with Crippen molar-refractivity contribution in [2.24, 2.45) is 5.73 Å². The minimum absolute atomic E-state index is 0.136. The van der Waals surface area contributed by atoms with E-state index in [1.807, 2.05) is 12.1 Å². The molecule has 0 fully saturated rings. The first-order valence-electron chi connectivity index (χ1n) is 5.55. The Balaban J connectivity index is 2.45. The van der Waals surface area contributed by atoms with Gasteiger partial charge < -0.3 is 5.73 Å². The van der Waals surface area contributed by atoms with E-state index in [2.05, 4.69) is 17.7 Å². The van der Waals surface area contributed by atoms with Gasteiger partial charge in [-0.15, -0.1) is 0 Å². The van der Waals surface area contributed by atoms with Gasteiger partial charge in [-0.25, -0.2) is 4.39 Å². The number of thiophene rings is 1. The lowest BCUT2D eigenvalue weighted by Crippen LogP contribution is -2.13. The van der Waals surface area contributed by atoms with Gasteiger partial charge in [-0.2, -0.15) is 11.3 Å². The van der Waals surface area contributed by atoms with Crippen LogP contribution in [0, 0.1) is 26.6 Å². The molecular formula is C14H16FNS. The van der Waals surface area contributed by atoms with Crippen molar-refractivity contribution in [3.63, 3.8) is 0 Å². The predicted octanol–water partition coefficient (Wildman–Crippen LogP) is 3.86. The van der Waals surface area contributed by atoms with E-state index in [9.17, 15) is 4.39 Å². The van der Waals surface area contributed by atoms with E-state index in [1.54, 1.807) is 25.2 Å². The van der Waals surface area contributed by atoms with Gasteiger partial charge in [0.2, 0.25) is 0 Å². The number of halogens is 1. The molecule has 0 aliphatic carbocycles. The Hall–Kier alpha value is -1.19. The quantitative estimate of drug-likeness (QED) is 0.859. The number of hydrogen-bond donors (Lipinski definition) is 1. The SMILES string of the molecule is Cc1cscc1C(N)c1cc(C)c(F)c(C)c1. The Morgan fingerprint density at radius 2 is 1.65 bits per heavy atom. The fourth-order valence-electron chi connectivity index (χ4n) is 2.03. The van der Waals surface area contributed by atoms with Gasteiger partial charge in [-0.05, 0) is 59.3 Å². The summed E-state index contributed by atoms with van der Waals surface area (Å²) in [6.07, 6.45) is 0. The fraction of sp³-hybridized carbons (Fsp3) is 0.286. The van der Waals surface area contributed by atoms with Crippen LogP contribution in [0.2, 0.25) is 0 Å². The largest absolute Gasteiger partial charge is 0.320 e. The summed E-state index contributed by atoms with van der Waals surface area (Å²) in [6, 6.07) is 3.51. The molecule has 0 amide bonds. The first-order chi connectivity index (χ1) is 8.00. The zero-order chi connectivity index (χ0) is 12.6. The Morgan fingerprint density at radius 1 is 1.06 bits per heavy atom. The molecule has 2 N–H and O–H groups in total. The Labute approximate surface area is 105 Å². The van der Waals surface area contributed by atoms with E-state index in [0.717, 1.165) is 11.1 Å². The van der Waals surface area contributed by atoms with Crippen molar-refractivity contribution in [2.75, 3.05) is 0 Å². The van der Waals surface area contributed by atoms with Gasteiger partial charge in [0.25, 0.3) is 0 Å². The summed E-state index contributed by atoms with van der Waals surface area (Å²) >= 11 is 1.65. The molecule has 2 aromatic rings. The number of hydrogen-bond acceptors (Lipinski definition) is 2. The first kappa shape index (κ1) is 12.3. The van der Waals surface area contributed by atoms with Crippen LogP contribution in [0.5, 0.6) is 0 Å². The van der Waals surface area contributed by atoms with Gasteiger partial charge in [0.15, 0.2) is 0 Å². The molecule has 1 aromatic heterocycles. The van der Waals surface area contributed by atoms with Crippen LogP contribution in [0.25, 0.3) is 0 Å². The molecule has 2 rings (SSSR count).